The molecule has 0 aromatic rings. The average molecular weight is 267 g/mol. The van der Waals surface area contributed by atoms with Crippen molar-refractivity contribution in [1.82, 2.24) is 5.32 Å². The van der Waals surface area contributed by atoms with E-state index in [9.17, 15) is 14.7 Å². The van der Waals surface area contributed by atoms with Crippen LogP contribution < -0.4 is 5.32 Å². The Morgan fingerprint density at radius 2 is 1.79 bits per heavy atom. The van der Waals surface area contributed by atoms with Crippen molar-refractivity contribution in [2.45, 2.75) is 70.8 Å². The van der Waals surface area contributed by atoms with Gasteiger partial charge in [-0.25, -0.2) is 0 Å². The lowest BCUT2D eigenvalue weighted by atomic mass is 9.71. The first kappa shape index (κ1) is 14.4. The number of carbonyl (C=O) groups excluding carboxylic acids is 1. The highest BCUT2D eigenvalue weighted by atomic mass is 16.4. The molecule has 0 bridgehead atoms. The van der Waals surface area contributed by atoms with Crippen LogP contribution in [0.2, 0.25) is 0 Å². The third-order valence-electron chi connectivity index (χ3n) is 4.98. The van der Waals surface area contributed by atoms with Gasteiger partial charge in [0.25, 0.3) is 0 Å². The number of carboxylic acid groups (broad SMARTS) is 1. The molecule has 0 aromatic heterocycles. The summed E-state index contributed by atoms with van der Waals surface area (Å²) in [5, 5.41) is 12.4. The van der Waals surface area contributed by atoms with E-state index >= 15 is 0 Å². The molecule has 0 aliphatic heterocycles. The number of aliphatic carboxylic acids is 1. The van der Waals surface area contributed by atoms with Gasteiger partial charge in [-0.05, 0) is 38.5 Å². The standard InChI is InChI=1S/C15H25NO3/c1-15(14(18)19)9-5-4-8-12(15)16-13(17)10-11-6-2-3-7-11/h11-12H,2-10H2,1H3,(H,16,17)(H,18,19). The molecule has 2 atom stereocenters. The Morgan fingerprint density at radius 3 is 2.42 bits per heavy atom. The first-order valence-electron chi connectivity index (χ1n) is 7.55. The van der Waals surface area contributed by atoms with E-state index in [1.165, 1.54) is 12.8 Å². The molecule has 2 N–H and O–H groups in total. The van der Waals surface area contributed by atoms with Crippen LogP contribution in [-0.4, -0.2) is 23.0 Å². The van der Waals surface area contributed by atoms with E-state index in [-0.39, 0.29) is 11.9 Å². The summed E-state index contributed by atoms with van der Waals surface area (Å²) in [4.78, 5) is 23.5. The highest BCUT2D eigenvalue weighted by Crippen LogP contribution is 2.36. The Labute approximate surface area is 115 Å². The molecule has 0 aromatic carbocycles. The van der Waals surface area contributed by atoms with Gasteiger partial charge in [0.2, 0.25) is 5.91 Å². The molecule has 4 heteroatoms. The van der Waals surface area contributed by atoms with E-state index in [1.807, 2.05) is 0 Å². The van der Waals surface area contributed by atoms with Crippen LogP contribution in [0.5, 0.6) is 0 Å². The Morgan fingerprint density at radius 1 is 1.16 bits per heavy atom. The van der Waals surface area contributed by atoms with Crippen LogP contribution in [0.4, 0.5) is 0 Å². The first-order valence-corrected chi connectivity index (χ1v) is 7.55. The summed E-state index contributed by atoms with van der Waals surface area (Å²) in [6.45, 7) is 1.77. The summed E-state index contributed by atoms with van der Waals surface area (Å²) < 4.78 is 0. The van der Waals surface area contributed by atoms with Crippen LogP contribution in [-0.2, 0) is 9.59 Å². The molecule has 1 amide bonds. The minimum Gasteiger partial charge on any atom is -0.481 e. The lowest BCUT2D eigenvalue weighted by Crippen LogP contribution is -2.52. The third kappa shape index (κ3) is 3.28. The van der Waals surface area contributed by atoms with Gasteiger partial charge in [-0.15, -0.1) is 0 Å². The molecule has 2 aliphatic rings. The molecule has 19 heavy (non-hydrogen) atoms. The van der Waals surface area contributed by atoms with Gasteiger partial charge < -0.3 is 10.4 Å². The molecule has 4 nitrogen and oxygen atoms in total. The van der Waals surface area contributed by atoms with Gasteiger partial charge >= 0.3 is 5.97 Å². The van der Waals surface area contributed by atoms with Crippen LogP contribution in [0.25, 0.3) is 0 Å². The van der Waals surface area contributed by atoms with Crippen LogP contribution in [0.15, 0.2) is 0 Å². The second-order valence-electron chi connectivity index (χ2n) is 6.44. The molecule has 108 valence electrons. The van der Waals surface area contributed by atoms with E-state index in [0.717, 1.165) is 32.1 Å². The molecule has 0 heterocycles. The summed E-state index contributed by atoms with van der Waals surface area (Å²) in [7, 11) is 0. The fourth-order valence-electron chi connectivity index (χ4n) is 3.55. The van der Waals surface area contributed by atoms with Gasteiger partial charge in [-0.3, -0.25) is 9.59 Å². The van der Waals surface area contributed by atoms with Crippen molar-refractivity contribution in [3.05, 3.63) is 0 Å². The average Bonchev–Trinajstić information content (AvgIpc) is 2.84. The lowest BCUT2D eigenvalue weighted by Gasteiger charge is -2.38. The number of rotatable bonds is 4. The lowest BCUT2D eigenvalue weighted by molar-refractivity contribution is -0.152. The van der Waals surface area contributed by atoms with E-state index in [1.54, 1.807) is 6.92 Å². The van der Waals surface area contributed by atoms with Crippen LogP contribution in [0.3, 0.4) is 0 Å². The molecule has 2 aliphatic carbocycles. The largest absolute Gasteiger partial charge is 0.481 e. The van der Waals surface area contributed by atoms with Gasteiger partial charge in [-0.1, -0.05) is 25.7 Å². The van der Waals surface area contributed by atoms with E-state index in [2.05, 4.69) is 5.32 Å². The smallest absolute Gasteiger partial charge is 0.311 e. The van der Waals surface area contributed by atoms with Gasteiger partial charge in [0.15, 0.2) is 0 Å². The molecular formula is C15H25NO3. The van der Waals surface area contributed by atoms with Crippen molar-refractivity contribution in [3.8, 4) is 0 Å². The van der Waals surface area contributed by atoms with E-state index in [0.29, 0.717) is 18.8 Å². The number of hydrogen-bond acceptors (Lipinski definition) is 2. The maximum atomic E-state index is 12.1. The highest BCUT2D eigenvalue weighted by molar-refractivity contribution is 5.80. The summed E-state index contributed by atoms with van der Waals surface area (Å²) >= 11 is 0. The van der Waals surface area contributed by atoms with Gasteiger partial charge in [-0.2, -0.15) is 0 Å². The fraction of sp³-hybridized carbons (Fsp3) is 0.867. The number of hydrogen-bond donors (Lipinski definition) is 2. The SMILES string of the molecule is CC1(C(=O)O)CCCCC1NC(=O)CC1CCCC1. The summed E-state index contributed by atoms with van der Waals surface area (Å²) in [6, 6.07) is -0.201. The summed E-state index contributed by atoms with van der Waals surface area (Å²) in [5.41, 5.74) is -0.788. The maximum Gasteiger partial charge on any atom is 0.311 e. The molecule has 2 rings (SSSR count). The Hall–Kier alpha value is -1.06. The highest BCUT2D eigenvalue weighted by Gasteiger charge is 2.43. The third-order valence-corrected chi connectivity index (χ3v) is 4.98. The zero-order chi connectivity index (χ0) is 13.9. The second-order valence-corrected chi connectivity index (χ2v) is 6.44. The zero-order valence-electron chi connectivity index (χ0n) is 11.8. The number of nitrogens with one attached hydrogen (secondary N) is 1. The summed E-state index contributed by atoms with van der Waals surface area (Å²) in [6.07, 6.45) is 8.74. The van der Waals surface area contributed by atoms with Crippen LogP contribution >= 0.6 is 0 Å². The van der Waals surface area contributed by atoms with Crippen molar-refractivity contribution in [1.29, 1.82) is 0 Å². The van der Waals surface area contributed by atoms with Crippen molar-refractivity contribution in [3.63, 3.8) is 0 Å². The number of carbonyl (C=O) groups is 2. The molecule has 2 saturated carbocycles. The normalized spacial score (nSPS) is 32.2. The number of carboxylic acids is 1. The predicted molar refractivity (Wildman–Crippen MR) is 72.7 cm³/mol. The fourth-order valence-corrected chi connectivity index (χ4v) is 3.55. The minimum absolute atomic E-state index is 0.0475. The molecular weight excluding hydrogens is 242 g/mol. The molecule has 0 spiro atoms. The quantitative estimate of drug-likeness (QED) is 0.823. The Balaban J connectivity index is 1.91. The maximum absolute atomic E-state index is 12.1. The van der Waals surface area contributed by atoms with Gasteiger partial charge in [0.1, 0.15) is 0 Å². The first-order chi connectivity index (χ1) is 9.02. The molecule has 0 saturated heterocycles. The minimum atomic E-state index is -0.788. The van der Waals surface area contributed by atoms with Crippen molar-refractivity contribution in [2.24, 2.45) is 11.3 Å². The van der Waals surface area contributed by atoms with Crippen molar-refractivity contribution in [2.75, 3.05) is 0 Å². The topological polar surface area (TPSA) is 66.4 Å². The zero-order valence-corrected chi connectivity index (χ0v) is 11.8. The molecule has 2 unspecified atom stereocenters. The van der Waals surface area contributed by atoms with Crippen LogP contribution in [0, 0.1) is 11.3 Å². The molecule has 2 fully saturated rings. The van der Waals surface area contributed by atoms with E-state index < -0.39 is 11.4 Å². The van der Waals surface area contributed by atoms with E-state index in [4.69, 9.17) is 0 Å². The van der Waals surface area contributed by atoms with Crippen molar-refractivity contribution < 1.29 is 14.7 Å². The monoisotopic (exact) mass is 267 g/mol. The predicted octanol–water partition coefficient (Wildman–Crippen LogP) is 2.72. The number of amides is 1. The molecule has 0 radical (unpaired) electrons. The van der Waals surface area contributed by atoms with Crippen molar-refractivity contribution >= 4 is 11.9 Å². The van der Waals surface area contributed by atoms with Gasteiger partial charge in [0.05, 0.1) is 5.41 Å². The van der Waals surface area contributed by atoms with Gasteiger partial charge in [0, 0.05) is 12.5 Å². The van der Waals surface area contributed by atoms with Crippen LogP contribution in [0.1, 0.15) is 64.7 Å². The Bertz CT molecular complexity index is 349. The summed E-state index contributed by atoms with van der Waals surface area (Å²) in [5.74, 6) is -0.218. The Kier molecular flexibility index (Phi) is 4.48. The second kappa shape index (κ2) is 5.93.